The fourth-order valence-corrected chi connectivity index (χ4v) is 0.487. The van der Waals surface area contributed by atoms with Gasteiger partial charge in [0, 0.05) is 32.9 Å². The summed E-state index contributed by atoms with van der Waals surface area (Å²) >= 11 is 0. The summed E-state index contributed by atoms with van der Waals surface area (Å²) in [5.74, 6) is -4.42. The van der Waals surface area contributed by atoms with Crippen molar-refractivity contribution in [2.24, 2.45) is 0 Å². The Labute approximate surface area is 102 Å². The summed E-state index contributed by atoms with van der Waals surface area (Å²) in [7, 11) is 0. The first-order chi connectivity index (χ1) is 8.15. The fraction of sp³-hybridized carbons (Fsp3) is 0.300. The first kappa shape index (κ1) is 17.9. The van der Waals surface area contributed by atoms with Crippen LogP contribution in [-0.4, -0.2) is 35.0 Å². The molecule has 0 aromatic heterocycles. The van der Waals surface area contributed by atoms with E-state index in [4.69, 9.17) is 9.90 Å². The van der Waals surface area contributed by atoms with E-state index in [0.29, 0.717) is 12.2 Å². The number of esters is 4. The van der Waals surface area contributed by atoms with E-state index in [0.717, 1.165) is 20.8 Å². The second-order valence-electron chi connectivity index (χ2n) is 2.68. The van der Waals surface area contributed by atoms with Crippen LogP contribution in [0.3, 0.4) is 0 Å². The molecule has 0 atom stereocenters. The molecule has 1 N–H and O–H groups in total. The van der Waals surface area contributed by atoms with Gasteiger partial charge < -0.3 is 14.6 Å². The smallest absolute Gasteiger partial charge is 0.338 e. The van der Waals surface area contributed by atoms with Crippen LogP contribution in [0.1, 0.15) is 20.8 Å². The van der Waals surface area contributed by atoms with Gasteiger partial charge in [-0.15, -0.1) is 0 Å². The molecule has 0 aliphatic rings. The zero-order chi connectivity index (χ0) is 14.7. The third-order valence-corrected chi connectivity index (χ3v) is 0.844. The molecule has 0 saturated heterocycles. The van der Waals surface area contributed by atoms with Crippen molar-refractivity contribution in [1.82, 2.24) is 0 Å². The van der Waals surface area contributed by atoms with E-state index in [2.05, 4.69) is 9.47 Å². The Morgan fingerprint density at radius 2 is 1.00 bits per heavy atom. The Morgan fingerprint density at radius 3 is 1.17 bits per heavy atom. The van der Waals surface area contributed by atoms with Crippen molar-refractivity contribution < 1.29 is 38.6 Å². The van der Waals surface area contributed by atoms with E-state index in [-0.39, 0.29) is 0 Å². The average molecular weight is 260 g/mol. The minimum absolute atomic E-state index is 0.687. The molecule has 0 rings (SSSR count). The highest BCUT2D eigenvalue weighted by molar-refractivity contribution is 5.98. The van der Waals surface area contributed by atoms with Gasteiger partial charge in [0.15, 0.2) is 0 Å². The van der Waals surface area contributed by atoms with E-state index in [1.807, 2.05) is 0 Å². The maximum atomic E-state index is 10.6. The highest BCUT2D eigenvalue weighted by Crippen LogP contribution is 1.86. The SMILES string of the molecule is CC(=O)O.CC(=O)OC(=O)/C=C\C(=O)OC(C)=O. The van der Waals surface area contributed by atoms with Crippen LogP contribution in [0.5, 0.6) is 0 Å². The van der Waals surface area contributed by atoms with E-state index in [9.17, 15) is 19.2 Å². The van der Waals surface area contributed by atoms with Crippen LogP contribution >= 0.6 is 0 Å². The van der Waals surface area contributed by atoms with Crippen molar-refractivity contribution >= 4 is 29.8 Å². The molecule has 0 fully saturated rings. The lowest BCUT2D eigenvalue weighted by Gasteiger charge is -1.93. The predicted octanol–water partition coefficient (Wildman–Crippen LogP) is -0.187. The lowest BCUT2D eigenvalue weighted by atomic mass is 10.5. The first-order valence-corrected chi connectivity index (χ1v) is 4.47. The number of carboxylic acid groups (broad SMARTS) is 1. The number of aliphatic carboxylic acids is 1. The summed E-state index contributed by atoms with van der Waals surface area (Å²) in [5.41, 5.74) is 0. The van der Waals surface area contributed by atoms with Gasteiger partial charge in [-0.3, -0.25) is 14.4 Å². The molecule has 0 spiro atoms. The Morgan fingerprint density at radius 1 is 0.778 bits per heavy atom. The molecule has 0 saturated carbocycles. The monoisotopic (exact) mass is 260 g/mol. The van der Waals surface area contributed by atoms with Gasteiger partial charge in [0.25, 0.3) is 5.97 Å². The highest BCUT2D eigenvalue weighted by atomic mass is 16.6. The van der Waals surface area contributed by atoms with Gasteiger partial charge in [0.1, 0.15) is 0 Å². The molecular formula is C10H12O8. The Bertz CT molecular complexity index is 345. The molecule has 18 heavy (non-hydrogen) atoms. The van der Waals surface area contributed by atoms with Crippen LogP contribution in [0.25, 0.3) is 0 Å². The minimum atomic E-state index is -1.00. The minimum Gasteiger partial charge on any atom is -0.481 e. The van der Waals surface area contributed by atoms with Crippen molar-refractivity contribution in [3.8, 4) is 0 Å². The molecule has 0 heterocycles. The van der Waals surface area contributed by atoms with Gasteiger partial charge in [0.2, 0.25) is 0 Å². The maximum Gasteiger partial charge on any atom is 0.338 e. The molecule has 8 nitrogen and oxygen atoms in total. The number of ether oxygens (including phenoxy) is 2. The molecule has 0 aliphatic carbocycles. The quantitative estimate of drug-likeness (QED) is 0.411. The first-order valence-electron chi connectivity index (χ1n) is 4.47. The third-order valence-electron chi connectivity index (χ3n) is 0.844. The summed E-state index contributed by atoms with van der Waals surface area (Å²) < 4.78 is 8.10. The van der Waals surface area contributed by atoms with Crippen molar-refractivity contribution in [3.05, 3.63) is 12.2 Å². The van der Waals surface area contributed by atoms with Crippen LogP contribution in [0.4, 0.5) is 0 Å². The molecule has 0 aliphatic heterocycles. The molecular weight excluding hydrogens is 248 g/mol. The summed E-state index contributed by atoms with van der Waals surface area (Å²) in [6.07, 6.45) is 1.37. The predicted molar refractivity (Wildman–Crippen MR) is 56.0 cm³/mol. The Hall–Kier alpha value is -2.51. The second-order valence-corrected chi connectivity index (χ2v) is 2.68. The largest absolute Gasteiger partial charge is 0.481 e. The molecule has 0 amide bonds. The van der Waals surface area contributed by atoms with Gasteiger partial charge in [-0.05, 0) is 0 Å². The third kappa shape index (κ3) is 19.1. The van der Waals surface area contributed by atoms with E-state index in [1.165, 1.54) is 0 Å². The van der Waals surface area contributed by atoms with Gasteiger partial charge in [0.05, 0.1) is 0 Å². The summed E-state index contributed by atoms with van der Waals surface area (Å²) in [5, 5.41) is 7.42. The second kappa shape index (κ2) is 9.70. The van der Waals surface area contributed by atoms with Gasteiger partial charge in [-0.2, -0.15) is 0 Å². The topological polar surface area (TPSA) is 124 Å². The number of rotatable bonds is 2. The standard InChI is InChI=1S/C8H8O6.C2H4O2/c1-5(9)13-7(11)3-4-8(12)14-6(2)10;1-2(3)4/h3-4H,1-2H3;1H3,(H,3,4)/b4-3-;. The van der Waals surface area contributed by atoms with Crippen molar-refractivity contribution in [2.45, 2.75) is 20.8 Å². The van der Waals surface area contributed by atoms with Crippen LogP contribution in [-0.2, 0) is 33.4 Å². The Kier molecular flexibility index (Phi) is 9.63. The van der Waals surface area contributed by atoms with E-state index in [1.54, 1.807) is 0 Å². The molecule has 0 aromatic carbocycles. The summed E-state index contributed by atoms with van der Waals surface area (Å²) in [6.45, 7) is 3.17. The maximum absolute atomic E-state index is 10.6. The molecule has 0 unspecified atom stereocenters. The van der Waals surface area contributed by atoms with Crippen molar-refractivity contribution in [1.29, 1.82) is 0 Å². The van der Waals surface area contributed by atoms with Crippen LogP contribution in [0.15, 0.2) is 12.2 Å². The normalized spacial score (nSPS) is 8.83. The summed E-state index contributed by atoms with van der Waals surface area (Å²) in [6, 6.07) is 0. The summed E-state index contributed by atoms with van der Waals surface area (Å²) in [4.78, 5) is 50.7. The lowest BCUT2D eigenvalue weighted by molar-refractivity contribution is -0.157. The van der Waals surface area contributed by atoms with Crippen LogP contribution in [0, 0.1) is 0 Å². The molecule has 100 valence electrons. The van der Waals surface area contributed by atoms with Crippen LogP contribution < -0.4 is 0 Å². The van der Waals surface area contributed by atoms with Crippen LogP contribution in [0.2, 0.25) is 0 Å². The zero-order valence-electron chi connectivity index (χ0n) is 9.96. The molecule has 8 heteroatoms. The lowest BCUT2D eigenvalue weighted by Crippen LogP contribution is -2.09. The van der Waals surface area contributed by atoms with Crippen molar-refractivity contribution in [3.63, 3.8) is 0 Å². The number of carbonyl (C=O) groups excluding carboxylic acids is 4. The molecule has 0 aromatic rings. The zero-order valence-corrected chi connectivity index (χ0v) is 9.96. The highest BCUT2D eigenvalue weighted by Gasteiger charge is 2.04. The van der Waals surface area contributed by atoms with Gasteiger partial charge in [-0.25, -0.2) is 9.59 Å². The van der Waals surface area contributed by atoms with Gasteiger partial charge >= 0.3 is 23.9 Å². The number of carboxylic acids is 1. The molecule has 0 bridgehead atoms. The fourth-order valence-electron chi connectivity index (χ4n) is 0.487. The van der Waals surface area contributed by atoms with E-state index < -0.39 is 29.8 Å². The number of carbonyl (C=O) groups is 5. The van der Waals surface area contributed by atoms with E-state index >= 15 is 0 Å². The number of hydrogen-bond acceptors (Lipinski definition) is 7. The molecule has 0 radical (unpaired) electrons. The number of hydrogen-bond donors (Lipinski definition) is 1. The van der Waals surface area contributed by atoms with Crippen molar-refractivity contribution in [2.75, 3.05) is 0 Å². The van der Waals surface area contributed by atoms with Gasteiger partial charge in [-0.1, -0.05) is 0 Å². The Balaban J connectivity index is 0. The average Bonchev–Trinajstić information content (AvgIpc) is 2.11.